The van der Waals surface area contributed by atoms with E-state index in [4.69, 9.17) is 9.47 Å². The van der Waals surface area contributed by atoms with E-state index in [1.54, 1.807) is 7.11 Å². The molecule has 1 N–H and O–H groups in total. The lowest BCUT2D eigenvalue weighted by atomic mass is 10.0. The summed E-state index contributed by atoms with van der Waals surface area (Å²) in [4.78, 5) is 14.4. The van der Waals surface area contributed by atoms with Gasteiger partial charge in [0.1, 0.15) is 11.5 Å². The minimum Gasteiger partial charge on any atom is -0.497 e. The highest BCUT2D eigenvalue weighted by molar-refractivity contribution is 5.75. The van der Waals surface area contributed by atoms with Crippen molar-refractivity contribution in [3.63, 3.8) is 0 Å². The molecule has 0 aliphatic carbocycles. The molecule has 2 aliphatic rings. The van der Waals surface area contributed by atoms with Crippen LogP contribution < -0.4 is 14.8 Å². The van der Waals surface area contributed by atoms with Crippen molar-refractivity contribution in [1.82, 2.24) is 10.2 Å². The predicted molar refractivity (Wildman–Crippen MR) is 88.9 cm³/mol. The Hall–Kier alpha value is -1.75. The number of hydrogen-bond acceptors (Lipinski definition) is 4. The van der Waals surface area contributed by atoms with Crippen molar-refractivity contribution in [2.45, 2.75) is 44.2 Å². The number of nitrogens with zero attached hydrogens (tertiary/aromatic N) is 1. The van der Waals surface area contributed by atoms with Crippen molar-refractivity contribution in [2.75, 3.05) is 26.8 Å². The third-order valence-corrected chi connectivity index (χ3v) is 4.95. The van der Waals surface area contributed by atoms with Gasteiger partial charge in [0.05, 0.1) is 20.1 Å². The lowest BCUT2D eigenvalue weighted by Gasteiger charge is -2.21. The van der Waals surface area contributed by atoms with Gasteiger partial charge in [-0.3, -0.25) is 9.69 Å². The van der Waals surface area contributed by atoms with E-state index in [0.29, 0.717) is 13.0 Å². The van der Waals surface area contributed by atoms with Crippen LogP contribution in [0.5, 0.6) is 11.5 Å². The van der Waals surface area contributed by atoms with Gasteiger partial charge in [-0.15, -0.1) is 0 Å². The topological polar surface area (TPSA) is 50.8 Å². The van der Waals surface area contributed by atoms with Crippen LogP contribution in [0.15, 0.2) is 24.3 Å². The Morgan fingerprint density at radius 3 is 2.35 bits per heavy atom. The molecular formula is C18H26N2O3. The van der Waals surface area contributed by atoms with Crippen LogP contribution in [0.2, 0.25) is 0 Å². The summed E-state index contributed by atoms with van der Waals surface area (Å²) in [6, 6.07) is 8.94. The maximum Gasteiger partial charge on any atom is 0.223 e. The third-order valence-electron chi connectivity index (χ3n) is 4.95. The van der Waals surface area contributed by atoms with Gasteiger partial charge in [-0.05, 0) is 49.9 Å². The molecule has 0 aromatic heterocycles. The van der Waals surface area contributed by atoms with Gasteiger partial charge < -0.3 is 14.8 Å². The van der Waals surface area contributed by atoms with Gasteiger partial charge in [-0.2, -0.15) is 0 Å². The summed E-state index contributed by atoms with van der Waals surface area (Å²) < 4.78 is 10.7. The Balaban J connectivity index is 1.29. The second kappa shape index (κ2) is 7.68. The normalized spacial score (nSPS) is 23.0. The molecule has 2 saturated heterocycles. The Bertz CT molecular complexity index is 498. The number of ether oxygens (including phenoxy) is 2. The number of carbonyl (C=O) groups excluding carboxylic acids is 1. The fraction of sp³-hybridized carbons (Fsp3) is 0.611. The number of methoxy groups -OCH3 is 1. The van der Waals surface area contributed by atoms with Crippen LogP contribution in [0.4, 0.5) is 0 Å². The first kappa shape index (κ1) is 16.1. The Kier molecular flexibility index (Phi) is 5.39. The van der Waals surface area contributed by atoms with E-state index in [2.05, 4.69) is 10.2 Å². The van der Waals surface area contributed by atoms with Crippen LogP contribution in [0.25, 0.3) is 0 Å². The van der Waals surface area contributed by atoms with Gasteiger partial charge >= 0.3 is 0 Å². The first-order chi connectivity index (χ1) is 11.3. The van der Waals surface area contributed by atoms with Crippen molar-refractivity contribution < 1.29 is 14.3 Å². The number of nitrogens with one attached hydrogen (secondary N) is 1. The summed E-state index contributed by atoms with van der Waals surface area (Å²) in [7, 11) is 1.63. The number of hydrogen-bond donors (Lipinski definition) is 1. The minimum atomic E-state index is 0.0602. The van der Waals surface area contributed by atoms with E-state index in [9.17, 15) is 4.79 Å². The second-order valence-electron chi connectivity index (χ2n) is 6.32. The standard InChI is InChI=1S/C18H26N2O3/c1-22-16-6-8-17(9-7-16)23-13-10-18(21)19-11-12-20-14-2-3-15(20)5-4-14/h6-9,14-15H,2-5,10-13H2,1H3,(H,19,21). The number of benzene rings is 1. The Labute approximate surface area is 137 Å². The van der Waals surface area contributed by atoms with Gasteiger partial charge in [0.15, 0.2) is 0 Å². The average Bonchev–Trinajstić information content (AvgIpc) is 3.15. The molecule has 1 aromatic carbocycles. The van der Waals surface area contributed by atoms with Crippen LogP contribution in [-0.2, 0) is 4.79 Å². The predicted octanol–water partition coefficient (Wildman–Crippen LogP) is 2.21. The first-order valence-electron chi connectivity index (χ1n) is 8.55. The molecule has 5 nitrogen and oxygen atoms in total. The van der Waals surface area contributed by atoms with Crippen LogP contribution in [0.3, 0.4) is 0 Å². The summed E-state index contributed by atoms with van der Waals surface area (Å²) in [5.41, 5.74) is 0. The first-order valence-corrected chi connectivity index (χ1v) is 8.55. The van der Waals surface area contributed by atoms with Crippen LogP contribution in [-0.4, -0.2) is 49.7 Å². The van der Waals surface area contributed by atoms with Gasteiger partial charge in [-0.1, -0.05) is 0 Å². The molecule has 2 heterocycles. The molecular weight excluding hydrogens is 292 g/mol. The highest BCUT2D eigenvalue weighted by Gasteiger charge is 2.38. The maximum atomic E-state index is 11.9. The van der Waals surface area contributed by atoms with Crippen molar-refractivity contribution >= 4 is 5.91 Å². The smallest absolute Gasteiger partial charge is 0.223 e. The number of rotatable bonds is 8. The molecule has 0 radical (unpaired) electrons. The maximum absolute atomic E-state index is 11.9. The molecule has 2 aliphatic heterocycles. The number of fused-ring (bicyclic) bond motifs is 2. The monoisotopic (exact) mass is 318 g/mol. The van der Waals surface area contributed by atoms with E-state index in [-0.39, 0.29) is 5.91 Å². The molecule has 3 rings (SSSR count). The van der Waals surface area contributed by atoms with Crippen LogP contribution >= 0.6 is 0 Å². The summed E-state index contributed by atoms with van der Waals surface area (Å²) in [5.74, 6) is 1.61. The van der Waals surface area contributed by atoms with Crippen LogP contribution in [0.1, 0.15) is 32.1 Å². The van der Waals surface area contributed by atoms with E-state index < -0.39 is 0 Å². The molecule has 126 valence electrons. The highest BCUT2D eigenvalue weighted by Crippen LogP contribution is 2.36. The third kappa shape index (κ3) is 4.16. The molecule has 2 fully saturated rings. The fourth-order valence-corrected chi connectivity index (χ4v) is 3.73. The Morgan fingerprint density at radius 2 is 1.74 bits per heavy atom. The zero-order valence-corrected chi connectivity index (χ0v) is 13.8. The summed E-state index contributed by atoms with van der Waals surface area (Å²) in [5, 5.41) is 3.00. The fourth-order valence-electron chi connectivity index (χ4n) is 3.73. The molecule has 0 saturated carbocycles. The highest BCUT2D eigenvalue weighted by atomic mass is 16.5. The zero-order valence-electron chi connectivity index (χ0n) is 13.8. The zero-order chi connectivity index (χ0) is 16.1. The van der Waals surface area contributed by atoms with Crippen molar-refractivity contribution in [2.24, 2.45) is 0 Å². The quantitative estimate of drug-likeness (QED) is 0.798. The molecule has 2 bridgehead atoms. The molecule has 0 spiro atoms. The minimum absolute atomic E-state index is 0.0602. The lowest BCUT2D eigenvalue weighted by Crippen LogP contribution is -2.37. The van der Waals surface area contributed by atoms with E-state index in [1.807, 2.05) is 24.3 Å². The van der Waals surface area contributed by atoms with Gasteiger partial charge in [-0.25, -0.2) is 0 Å². The van der Waals surface area contributed by atoms with Crippen molar-refractivity contribution in [3.8, 4) is 11.5 Å². The van der Waals surface area contributed by atoms with E-state index >= 15 is 0 Å². The SMILES string of the molecule is COc1ccc(OCCC(=O)NCCN2C3CCC2CC3)cc1. The van der Waals surface area contributed by atoms with Gasteiger partial charge in [0.25, 0.3) is 0 Å². The second-order valence-corrected chi connectivity index (χ2v) is 6.32. The largest absolute Gasteiger partial charge is 0.497 e. The van der Waals surface area contributed by atoms with Gasteiger partial charge in [0, 0.05) is 25.2 Å². The van der Waals surface area contributed by atoms with Gasteiger partial charge in [0.2, 0.25) is 5.91 Å². The molecule has 23 heavy (non-hydrogen) atoms. The van der Waals surface area contributed by atoms with Crippen molar-refractivity contribution in [1.29, 1.82) is 0 Å². The Morgan fingerprint density at radius 1 is 1.13 bits per heavy atom. The van der Waals surface area contributed by atoms with E-state index in [1.165, 1.54) is 25.7 Å². The van der Waals surface area contributed by atoms with Crippen molar-refractivity contribution in [3.05, 3.63) is 24.3 Å². The lowest BCUT2D eigenvalue weighted by molar-refractivity contribution is -0.121. The van der Waals surface area contributed by atoms with Crippen LogP contribution in [0, 0.1) is 0 Å². The number of carbonyl (C=O) groups is 1. The summed E-state index contributed by atoms with van der Waals surface area (Å²) in [6.45, 7) is 2.13. The molecule has 1 amide bonds. The number of amides is 1. The molecule has 0 unspecified atom stereocenters. The average molecular weight is 318 g/mol. The van der Waals surface area contributed by atoms with E-state index in [0.717, 1.165) is 36.7 Å². The molecule has 5 heteroatoms. The molecule has 0 atom stereocenters. The summed E-state index contributed by atoms with van der Waals surface area (Å²) >= 11 is 0. The summed E-state index contributed by atoms with van der Waals surface area (Å²) in [6.07, 6.45) is 5.75. The molecule has 1 aromatic rings.